The van der Waals surface area contributed by atoms with E-state index in [1.54, 1.807) is 20.3 Å². The monoisotopic (exact) mass is 448 g/mol. The lowest BCUT2D eigenvalue weighted by molar-refractivity contribution is -0.121. The van der Waals surface area contributed by atoms with Gasteiger partial charge in [0.05, 0.1) is 31.8 Å². The third kappa shape index (κ3) is 5.40. The average molecular weight is 449 g/mol. The summed E-state index contributed by atoms with van der Waals surface area (Å²) in [7, 11) is 3.14. The lowest BCUT2D eigenvalue weighted by atomic mass is 10.1. The molecular weight excluding hydrogens is 420 g/mol. The summed E-state index contributed by atoms with van der Waals surface area (Å²) >= 11 is 0. The molecule has 1 N–H and O–H groups in total. The quantitative estimate of drug-likeness (QED) is 0.568. The molecule has 8 nitrogen and oxygen atoms in total. The number of nitrogens with one attached hydrogen (secondary N) is 1. The smallest absolute Gasteiger partial charge is 0.258 e. The van der Waals surface area contributed by atoms with Crippen molar-refractivity contribution in [3.8, 4) is 11.5 Å². The highest BCUT2D eigenvalue weighted by molar-refractivity contribution is 5.75. The number of carbonyl (C=O) groups excluding carboxylic acids is 1. The van der Waals surface area contributed by atoms with Crippen LogP contribution in [0.2, 0.25) is 0 Å². The van der Waals surface area contributed by atoms with Gasteiger partial charge >= 0.3 is 0 Å². The van der Waals surface area contributed by atoms with Crippen LogP contribution in [0, 0.1) is 0 Å². The molecule has 1 aromatic heterocycles. The average Bonchev–Trinajstić information content (AvgIpc) is 2.85. The number of aromatic nitrogens is 2. The summed E-state index contributed by atoms with van der Waals surface area (Å²) < 4.78 is 11.9. The number of benzene rings is 2. The van der Waals surface area contributed by atoms with Gasteiger partial charge in [0.1, 0.15) is 6.54 Å². The molecule has 4 rings (SSSR count). The Kier molecular flexibility index (Phi) is 7.04. The molecule has 172 valence electrons. The zero-order chi connectivity index (χ0) is 23.2. The molecule has 0 unspecified atom stereocenters. The fourth-order valence-electron chi connectivity index (χ4n) is 4.00. The molecule has 2 heterocycles. The Balaban J connectivity index is 1.39. The first kappa shape index (κ1) is 22.5. The summed E-state index contributed by atoms with van der Waals surface area (Å²) in [6.45, 7) is 2.40. The van der Waals surface area contributed by atoms with Gasteiger partial charge in [-0.15, -0.1) is 0 Å². The van der Waals surface area contributed by atoms with E-state index in [1.165, 1.54) is 16.5 Å². The lowest BCUT2D eigenvalue weighted by Crippen LogP contribution is -2.39. The van der Waals surface area contributed by atoms with Crippen molar-refractivity contribution in [1.29, 1.82) is 0 Å². The minimum Gasteiger partial charge on any atom is -0.493 e. The number of rotatable bonds is 8. The number of hydrogen-bond donors (Lipinski definition) is 1. The molecule has 8 heteroatoms. The van der Waals surface area contributed by atoms with E-state index in [0.717, 1.165) is 30.8 Å². The van der Waals surface area contributed by atoms with Crippen LogP contribution < -0.4 is 20.3 Å². The van der Waals surface area contributed by atoms with Crippen LogP contribution in [-0.2, 0) is 37.4 Å². The summed E-state index contributed by atoms with van der Waals surface area (Å²) in [5.41, 5.74) is 3.42. The van der Waals surface area contributed by atoms with Gasteiger partial charge in [-0.3, -0.25) is 19.1 Å². The van der Waals surface area contributed by atoms with Crippen LogP contribution in [0.4, 0.5) is 0 Å². The van der Waals surface area contributed by atoms with E-state index < -0.39 is 0 Å². The van der Waals surface area contributed by atoms with Crippen LogP contribution in [0.5, 0.6) is 11.5 Å². The van der Waals surface area contributed by atoms with Crippen molar-refractivity contribution in [2.75, 3.05) is 20.8 Å². The number of amides is 1. The minimum absolute atomic E-state index is 0.0783. The summed E-state index contributed by atoms with van der Waals surface area (Å²) in [6.07, 6.45) is 2.20. The molecule has 3 aromatic rings. The summed E-state index contributed by atoms with van der Waals surface area (Å²) in [5, 5.41) is 2.85. The normalized spacial score (nSPS) is 13.3. The van der Waals surface area contributed by atoms with E-state index in [4.69, 9.17) is 9.47 Å². The second-order valence-corrected chi connectivity index (χ2v) is 8.02. The number of hydrogen-bond acceptors (Lipinski definition) is 6. The number of methoxy groups -OCH3 is 2. The molecule has 33 heavy (non-hydrogen) atoms. The second-order valence-electron chi connectivity index (χ2n) is 8.02. The number of carbonyl (C=O) groups is 1. The van der Waals surface area contributed by atoms with Gasteiger partial charge in [-0.1, -0.05) is 36.4 Å². The molecular formula is C25H28N4O4. The van der Waals surface area contributed by atoms with Gasteiger partial charge in [0.15, 0.2) is 11.5 Å². The zero-order valence-electron chi connectivity index (χ0n) is 18.9. The van der Waals surface area contributed by atoms with E-state index in [0.29, 0.717) is 30.2 Å². The molecule has 1 aliphatic rings. The SMILES string of the molecule is COc1ccc(CNC(=O)Cn2cnc3c(c2=O)CN(Cc2ccccc2)CC3)cc1OC. The first-order chi connectivity index (χ1) is 16.1. The molecule has 0 spiro atoms. The van der Waals surface area contributed by atoms with Crippen molar-refractivity contribution in [1.82, 2.24) is 19.8 Å². The summed E-state index contributed by atoms with van der Waals surface area (Å²) in [4.78, 5) is 32.3. The van der Waals surface area contributed by atoms with Crippen LogP contribution in [-0.4, -0.2) is 41.1 Å². The molecule has 0 bridgehead atoms. The van der Waals surface area contributed by atoms with E-state index >= 15 is 0 Å². The Bertz CT molecular complexity index is 1180. The Morgan fingerprint density at radius 1 is 1.06 bits per heavy atom. The highest BCUT2D eigenvalue weighted by Gasteiger charge is 2.22. The molecule has 0 saturated carbocycles. The van der Waals surface area contributed by atoms with Gasteiger partial charge in [0.25, 0.3) is 5.56 Å². The van der Waals surface area contributed by atoms with Gasteiger partial charge in [-0.05, 0) is 23.3 Å². The Morgan fingerprint density at radius 3 is 2.61 bits per heavy atom. The molecule has 0 aliphatic carbocycles. The molecule has 0 fully saturated rings. The summed E-state index contributed by atoms with van der Waals surface area (Å²) in [5.74, 6) is 0.963. The Morgan fingerprint density at radius 2 is 1.85 bits per heavy atom. The summed E-state index contributed by atoms with van der Waals surface area (Å²) in [6, 6.07) is 15.7. The van der Waals surface area contributed by atoms with Crippen molar-refractivity contribution in [3.05, 3.63) is 87.6 Å². The van der Waals surface area contributed by atoms with Crippen LogP contribution in [0.15, 0.2) is 59.7 Å². The fraction of sp³-hybridized carbons (Fsp3) is 0.320. The largest absolute Gasteiger partial charge is 0.493 e. The van der Waals surface area contributed by atoms with Gasteiger partial charge in [0, 0.05) is 32.6 Å². The molecule has 1 amide bonds. The first-order valence-corrected chi connectivity index (χ1v) is 10.9. The van der Waals surface area contributed by atoms with Gasteiger partial charge < -0.3 is 14.8 Å². The Hall–Kier alpha value is -3.65. The fourth-order valence-corrected chi connectivity index (χ4v) is 4.00. The van der Waals surface area contributed by atoms with Gasteiger partial charge in [0.2, 0.25) is 5.91 Å². The van der Waals surface area contributed by atoms with Crippen molar-refractivity contribution in [2.24, 2.45) is 0 Å². The van der Waals surface area contributed by atoms with Gasteiger partial charge in [-0.2, -0.15) is 0 Å². The van der Waals surface area contributed by atoms with E-state index in [2.05, 4.69) is 27.3 Å². The van der Waals surface area contributed by atoms with Crippen molar-refractivity contribution < 1.29 is 14.3 Å². The van der Waals surface area contributed by atoms with E-state index in [-0.39, 0.29) is 18.0 Å². The van der Waals surface area contributed by atoms with Crippen LogP contribution >= 0.6 is 0 Å². The van der Waals surface area contributed by atoms with Crippen LogP contribution in [0.1, 0.15) is 22.4 Å². The number of ether oxygens (including phenoxy) is 2. The van der Waals surface area contributed by atoms with Crippen molar-refractivity contribution >= 4 is 5.91 Å². The molecule has 0 radical (unpaired) electrons. The van der Waals surface area contributed by atoms with Crippen LogP contribution in [0.3, 0.4) is 0 Å². The van der Waals surface area contributed by atoms with Crippen molar-refractivity contribution in [2.45, 2.75) is 32.6 Å². The highest BCUT2D eigenvalue weighted by Crippen LogP contribution is 2.27. The maximum atomic E-state index is 13.1. The topological polar surface area (TPSA) is 85.7 Å². The van der Waals surface area contributed by atoms with E-state index in [9.17, 15) is 9.59 Å². The third-order valence-corrected chi connectivity index (χ3v) is 5.77. The maximum Gasteiger partial charge on any atom is 0.258 e. The van der Waals surface area contributed by atoms with E-state index in [1.807, 2.05) is 30.3 Å². The lowest BCUT2D eigenvalue weighted by Gasteiger charge is -2.28. The minimum atomic E-state index is -0.259. The van der Waals surface area contributed by atoms with Gasteiger partial charge in [-0.25, -0.2) is 4.98 Å². The molecule has 2 aromatic carbocycles. The maximum absolute atomic E-state index is 13.1. The molecule has 1 aliphatic heterocycles. The van der Waals surface area contributed by atoms with Crippen LogP contribution in [0.25, 0.3) is 0 Å². The highest BCUT2D eigenvalue weighted by atomic mass is 16.5. The predicted octanol–water partition coefficient (Wildman–Crippen LogP) is 2.14. The second kappa shape index (κ2) is 10.3. The third-order valence-electron chi connectivity index (χ3n) is 5.77. The molecule has 0 saturated heterocycles. The molecule has 0 atom stereocenters. The standard InChI is InChI=1S/C25H28N4O4/c1-32-22-9-8-19(12-23(22)33-2)13-26-24(30)16-29-17-27-21-10-11-28(15-20(21)25(29)31)14-18-6-4-3-5-7-18/h3-9,12,17H,10-11,13-16H2,1-2H3,(H,26,30). The first-order valence-electron chi connectivity index (χ1n) is 10.9. The number of nitrogens with zero attached hydrogens (tertiary/aromatic N) is 3. The number of fused-ring (bicyclic) bond motifs is 1. The Labute approximate surface area is 192 Å². The predicted molar refractivity (Wildman–Crippen MR) is 124 cm³/mol. The van der Waals surface area contributed by atoms with Crippen molar-refractivity contribution in [3.63, 3.8) is 0 Å². The zero-order valence-corrected chi connectivity index (χ0v) is 18.9.